The second-order valence-electron chi connectivity index (χ2n) is 4.02. The highest BCUT2D eigenvalue weighted by molar-refractivity contribution is 9.10. The Kier molecular flexibility index (Phi) is 3.42. The molecule has 0 saturated carbocycles. The Labute approximate surface area is 107 Å². The van der Waals surface area contributed by atoms with Gasteiger partial charge in [0.25, 0.3) is 5.56 Å². The van der Waals surface area contributed by atoms with E-state index in [1.54, 1.807) is 12.3 Å². The quantitative estimate of drug-likeness (QED) is 0.871. The minimum Gasteiger partial charge on any atom is -0.339 e. The van der Waals surface area contributed by atoms with Crippen molar-refractivity contribution in [3.05, 3.63) is 44.9 Å². The molecule has 6 heteroatoms. The zero-order valence-corrected chi connectivity index (χ0v) is 11.1. The average Bonchev–Trinajstić information content (AvgIpc) is 2.72. The summed E-state index contributed by atoms with van der Waals surface area (Å²) in [6, 6.07) is 3.20. The predicted molar refractivity (Wildman–Crippen MR) is 65.9 cm³/mol. The molecule has 2 aromatic heterocycles. The first-order valence-electron chi connectivity index (χ1n) is 5.24. The van der Waals surface area contributed by atoms with Crippen molar-refractivity contribution in [2.24, 2.45) is 0 Å². The van der Waals surface area contributed by atoms with Crippen molar-refractivity contribution in [1.29, 1.82) is 0 Å². The molecular weight excluding hydrogens is 286 g/mol. The Morgan fingerprint density at radius 2 is 2.24 bits per heavy atom. The fraction of sp³-hybridized carbons (Fsp3) is 0.364. The van der Waals surface area contributed by atoms with Crippen LogP contribution in [0.5, 0.6) is 0 Å². The summed E-state index contributed by atoms with van der Waals surface area (Å²) in [6.07, 6.45) is 1.70. The molecule has 0 unspecified atom stereocenters. The molecule has 2 rings (SSSR count). The van der Waals surface area contributed by atoms with Gasteiger partial charge >= 0.3 is 0 Å². The summed E-state index contributed by atoms with van der Waals surface area (Å²) in [6.45, 7) is 4.26. The lowest BCUT2D eigenvalue weighted by atomic mass is 10.2. The van der Waals surface area contributed by atoms with Gasteiger partial charge < -0.3 is 9.09 Å². The Balaban J connectivity index is 2.25. The number of hydrogen-bond donors (Lipinski definition) is 0. The third-order valence-corrected chi connectivity index (χ3v) is 2.71. The van der Waals surface area contributed by atoms with Crippen molar-refractivity contribution < 1.29 is 4.52 Å². The molecule has 0 amide bonds. The number of pyridine rings is 1. The van der Waals surface area contributed by atoms with E-state index in [9.17, 15) is 4.79 Å². The van der Waals surface area contributed by atoms with E-state index in [4.69, 9.17) is 4.52 Å². The first kappa shape index (κ1) is 12.0. The monoisotopic (exact) mass is 297 g/mol. The van der Waals surface area contributed by atoms with E-state index in [0.717, 1.165) is 4.47 Å². The van der Waals surface area contributed by atoms with Gasteiger partial charge in [-0.15, -0.1) is 0 Å². The fourth-order valence-electron chi connectivity index (χ4n) is 1.34. The van der Waals surface area contributed by atoms with Gasteiger partial charge in [-0.05, 0) is 22.0 Å². The number of hydrogen-bond acceptors (Lipinski definition) is 4. The number of nitrogens with zero attached hydrogens (tertiary/aromatic N) is 3. The van der Waals surface area contributed by atoms with E-state index in [2.05, 4.69) is 26.1 Å². The minimum absolute atomic E-state index is 0.0934. The van der Waals surface area contributed by atoms with Gasteiger partial charge in [-0.1, -0.05) is 19.0 Å². The molecule has 2 heterocycles. The zero-order chi connectivity index (χ0) is 12.4. The summed E-state index contributed by atoms with van der Waals surface area (Å²) < 4.78 is 7.44. The summed E-state index contributed by atoms with van der Waals surface area (Å²) in [7, 11) is 0. The van der Waals surface area contributed by atoms with E-state index in [1.165, 1.54) is 10.6 Å². The van der Waals surface area contributed by atoms with Crippen molar-refractivity contribution in [2.45, 2.75) is 26.3 Å². The van der Waals surface area contributed by atoms with Gasteiger partial charge in [0.1, 0.15) is 0 Å². The molecule has 0 aliphatic carbocycles. The van der Waals surface area contributed by atoms with E-state index < -0.39 is 0 Å². The van der Waals surface area contributed by atoms with Crippen LogP contribution in [0.1, 0.15) is 31.5 Å². The van der Waals surface area contributed by atoms with Gasteiger partial charge in [0, 0.05) is 22.7 Å². The van der Waals surface area contributed by atoms with Crippen molar-refractivity contribution in [3.8, 4) is 0 Å². The SMILES string of the molecule is CC(C)c1nc(Cn2cc(Br)ccc2=O)no1. The van der Waals surface area contributed by atoms with Crippen molar-refractivity contribution >= 4 is 15.9 Å². The zero-order valence-electron chi connectivity index (χ0n) is 9.55. The third kappa shape index (κ3) is 2.82. The maximum Gasteiger partial charge on any atom is 0.251 e. The van der Waals surface area contributed by atoms with Gasteiger partial charge in [0.05, 0.1) is 6.54 Å². The van der Waals surface area contributed by atoms with Gasteiger partial charge in [0.2, 0.25) is 5.89 Å². The highest BCUT2D eigenvalue weighted by Crippen LogP contribution is 2.11. The van der Waals surface area contributed by atoms with Gasteiger partial charge in [-0.2, -0.15) is 4.98 Å². The molecular formula is C11H12BrN3O2. The van der Waals surface area contributed by atoms with Gasteiger partial charge in [0.15, 0.2) is 5.82 Å². The molecule has 0 bridgehead atoms. The second-order valence-corrected chi connectivity index (χ2v) is 4.93. The lowest BCUT2D eigenvalue weighted by Gasteiger charge is -2.01. The highest BCUT2D eigenvalue weighted by atomic mass is 79.9. The lowest BCUT2D eigenvalue weighted by Crippen LogP contribution is -2.19. The predicted octanol–water partition coefficient (Wildman–Crippen LogP) is 2.17. The van der Waals surface area contributed by atoms with Crippen LogP contribution in [0.3, 0.4) is 0 Å². The first-order chi connectivity index (χ1) is 8.06. The van der Waals surface area contributed by atoms with E-state index in [0.29, 0.717) is 18.3 Å². The summed E-state index contributed by atoms with van der Waals surface area (Å²) in [5.74, 6) is 1.28. The molecule has 90 valence electrons. The lowest BCUT2D eigenvalue weighted by molar-refractivity contribution is 0.359. The molecule has 0 aromatic carbocycles. The van der Waals surface area contributed by atoms with Gasteiger partial charge in [-0.25, -0.2) is 0 Å². The Morgan fingerprint density at radius 1 is 1.47 bits per heavy atom. The Bertz CT molecular complexity index is 574. The van der Waals surface area contributed by atoms with Crippen LogP contribution in [-0.2, 0) is 6.54 Å². The summed E-state index contributed by atoms with van der Waals surface area (Å²) in [4.78, 5) is 15.8. The van der Waals surface area contributed by atoms with Crippen LogP contribution in [0.25, 0.3) is 0 Å². The molecule has 0 radical (unpaired) electrons. The third-order valence-electron chi connectivity index (χ3n) is 2.24. The van der Waals surface area contributed by atoms with Crippen LogP contribution < -0.4 is 5.56 Å². The Morgan fingerprint density at radius 3 is 2.88 bits per heavy atom. The molecule has 0 N–H and O–H groups in total. The number of halogens is 1. The van der Waals surface area contributed by atoms with Crippen LogP contribution >= 0.6 is 15.9 Å². The van der Waals surface area contributed by atoms with Crippen LogP contribution in [0.4, 0.5) is 0 Å². The van der Waals surface area contributed by atoms with Crippen molar-refractivity contribution in [3.63, 3.8) is 0 Å². The molecule has 5 nitrogen and oxygen atoms in total. The first-order valence-corrected chi connectivity index (χ1v) is 6.04. The normalized spacial score (nSPS) is 11.1. The maximum atomic E-state index is 11.6. The minimum atomic E-state index is -0.0934. The molecule has 0 saturated heterocycles. The Hall–Kier alpha value is -1.43. The van der Waals surface area contributed by atoms with Crippen LogP contribution in [0.2, 0.25) is 0 Å². The van der Waals surface area contributed by atoms with Crippen molar-refractivity contribution in [2.75, 3.05) is 0 Å². The number of aromatic nitrogens is 3. The highest BCUT2D eigenvalue weighted by Gasteiger charge is 2.10. The maximum absolute atomic E-state index is 11.6. The molecule has 0 aliphatic heterocycles. The fourth-order valence-corrected chi connectivity index (χ4v) is 1.72. The molecule has 0 spiro atoms. The largest absolute Gasteiger partial charge is 0.339 e. The smallest absolute Gasteiger partial charge is 0.251 e. The summed E-state index contributed by atoms with van der Waals surface area (Å²) in [5.41, 5.74) is -0.0934. The van der Waals surface area contributed by atoms with Crippen molar-refractivity contribution in [1.82, 2.24) is 14.7 Å². The standard InChI is InChI=1S/C11H12BrN3O2/c1-7(2)11-13-9(14-17-11)6-15-5-8(12)3-4-10(15)16/h3-5,7H,6H2,1-2H3. The topological polar surface area (TPSA) is 60.9 Å². The molecule has 17 heavy (non-hydrogen) atoms. The van der Waals surface area contributed by atoms with Crippen LogP contribution in [0.15, 0.2) is 32.1 Å². The molecule has 0 aliphatic rings. The number of rotatable bonds is 3. The molecule has 0 fully saturated rings. The van der Waals surface area contributed by atoms with E-state index >= 15 is 0 Å². The summed E-state index contributed by atoms with van der Waals surface area (Å²) in [5, 5.41) is 3.84. The van der Waals surface area contributed by atoms with Crippen LogP contribution in [0, 0.1) is 0 Å². The molecule has 2 aromatic rings. The van der Waals surface area contributed by atoms with E-state index in [-0.39, 0.29) is 11.5 Å². The second kappa shape index (κ2) is 4.83. The molecule has 0 atom stereocenters. The van der Waals surface area contributed by atoms with Gasteiger partial charge in [-0.3, -0.25) is 4.79 Å². The van der Waals surface area contributed by atoms with E-state index in [1.807, 2.05) is 13.8 Å². The average molecular weight is 298 g/mol. The summed E-state index contributed by atoms with van der Waals surface area (Å²) >= 11 is 3.31. The van der Waals surface area contributed by atoms with Crippen LogP contribution in [-0.4, -0.2) is 14.7 Å².